The van der Waals surface area contributed by atoms with Gasteiger partial charge in [-0.05, 0) is 37.6 Å². The van der Waals surface area contributed by atoms with Crippen LogP contribution < -0.4 is 5.32 Å². The maximum atomic E-state index is 4.28. The Hall–Kier alpha value is -1.90. The summed E-state index contributed by atoms with van der Waals surface area (Å²) in [6.07, 6.45) is 1.75. The van der Waals surface area contributed by atoms with Gasteiger partial charge >= 0.3 is 0 Å². The molecule has 1 aromatic heterocycles. The van der Waals surface area contributed by atoms with Crippen molar-refractivity contribution in [3.05, 3.63) is 47.8 Å². The van der Waals surface area contributed by atoms with E-state index in [1.807, 2.05) is 52.8 Å². The van der Waals surface area contributed by atoms with Crippen LogP contribution >= 0.6 is 0 Å². The van der Waals surface area contributed by atoms with Gasteiger partial charge in [0.1, 0.15) is 0 Å². The summed E-state index contributed by atoms with van der Waals surface area (Å²) in [4.78, 5) is 8.42. The average molecular weight is 259 g/mol. The first-order chi connectivity index (χ1) is 9.24. The van der Waals surface area contributed by atoms with E-state index in [0.29, 0.717) is 5.95 Å². The van der Waals surface area contributed by atoms with Crippen LogP contribution in [-0.2, 0) is 0 Å². The minimum absolute atomic E-state index is 0.639. The van der Waals surface area contributed by atoms with E-state index in [1.54, 1.807) is 6.20 Å². The van der Waals surface area contributed by atoms with Crippen molar-refractivity contribution in [2.45, 2.75) is 41.5 Å². The first-order valence-corrected chi connectivity index (χ1v) is 6.87. The lowest BCUT2D eigenvalue weighted by molar-refractivity contribution is 1.10. The third-order valence-electron chi connectivity index (χ3n) is 2.07. The summed E-state index contributed by atoms with van der Waals surface area (Å²) in [6, 6.07) is 10.0. The van der Waals surface area contributed by atoms with Crippen LogP contribution in [-0.4, -0.2) is 9.97 Å². The quantitative estimate of drug-likeness (QED) is 0.834. The maximum absolute atomic E-state index is 4.28. The number of aryl methyl sites for hydroxylation is 2. The Bertz CT molecular complexity index is 424. The third kappa shape index (κ3) is 6.55. The molecule has 0 amide bonds. The monoisotopic (exact) mass is 259 g/mol. The second-order valence-electron chi connectivity index (χ2n) is 3.52. The molecule has 0 atom stereocenters. The number of nitrogens with one attached hydrogen (secondary N) is 1. The van der Waals surface area contributed by atoms with Crippen LogP contribution in [0, 0.1) is 13.8 Å². The van der Waals surface area contributed by atoms with Gasteiger partial charge in [0.15, 0.2) is 0 Å². The smallest absolute Gasteiger partial charge is 0.227 e. The van der Waals surface area contributed by atoms with Gasteiger partial charge in [-0.2, -0.15) is 0 Å². The molecule has 19 heavy (non-hydrogen) atoms. The molecule has 3 nitrogen and oxygen atoms in total. The standard InChI is InChI=1S/C12H13N3.2C2H6/c1-9-4-3-5-11(8-9)15-12-13-7-6-10(2)14-12;2*1-2/h3-8H,1-2H3,(H,13,14,15);2*1-2H3. The van der Waals surface area contributed by atoms with Gasteiger partial charge in [-0.15, -0.1) is 0 Å². The number of hydrogen-bond acceptors (Lipinski definition) is 3. The minimum Gasteiger partial charge on any atom is -0.324 e. The average Bonchev–Trinajstić information content (AvgIpc) is 2.43. The Kier molecular flexibility index (Phi) is 9.06. The molecule has 0 aliphatic carbocycles. The number of rotatable bonds is 2. The van der Waals surface area contributed by atoms with Crippen LogP contribution in [0.3, 0.4) is 0 Å². The fourth-order valence-electron chi connectivity index (χ4n) is 1.36. The van der Waals surface area contributed by atoms with Gasteiger partial charge in [-0.3, -0.25) is 0 Å². The molecule has 0 unspecified atom stereocenters. The molecule has 0 saturated heterocycles. The topological polar surface area (TPSA) is 37.8 Å². The number of nitrogens with zero attached hydrogens (tertiary/aromatic N) is 2. The van der Waals surface area contributed by atoms with Crippen molar-refractivity contribution in [1.82, 2.24) is 9.97 Å². The first-order valence-electron chi connectivity index (χ1n) is 6.87. The highest BCUT2D eigenvalue weighted by molar-refractivity contribution is 5.54. The molecule has 0 aliphatic rings. The van der Waals surface area contributed by atoms with Gasteiger partial charge in [-0.25, -0.2) is 9.97 Å². The van der Waals surface area contributed by atoms with Crippen LogP contribution in [0.2, 0.25) is 0 Å². The Morgan fingerprint density at radius 1 is 0.947 bits per heavy atom. The molecule has 2 rings (SSSR count). The van der Waals surface area contributed by atoms with Gasteiger partial charge in [0.05, 0.1) is 0 Å². The second-order valence-corrected chi connectivity index (χ2v) is 3.52. The second kappa shape index (κ2) is 10.1. The molecule has 104 valence electrons. The minimum atomic E-state index is 0.639. The largest absolute Gasteiger partial charge is 0.324 e. The highest BCUT2D eigenvalue weighted by atomic mass is 15.1. The summed E-state index contributed by atoms with van der Waals surface area (Å²) in [5.74, 6) is 0.639. The fourth-order valence-corrected chi connectivity index (χ4v) is 1.36. The molecule has 1 heterocycles. The Morgan fingerprint density at radius 2 is 1.63 bits per heavy atom. The predicted molar refractivity (Wildman–Crippen MR) is 83.9 cm³/mol. The molecular weight excluding hydrogens is 234 g/mol. The van der Waals surface area contributed by atoms with Gasteiger partial charge in [0.2, 0.25) is 5.95 Å². The van der Waals surface area contributed by atoms with E-state index < -0.39 is 0 Å². The molecule has 3 heteroatoms. The van der Waals surface area contributed by atoms with Crippen LogP contribution in [0.4, 0.5) is 11.6 Å². The van der Waals surface area contributed by atoms with E-state index in [1.165, 1.54) is 5.56 Å². The summed E-state index contributed by atoms with van der Waals surface area (Å²) in [6.45, 7) is 12.0. The summed E-state index contributed by atoms with van der Waals surface area (Å²) in [5.41, 5.74) is 3.19. The zero-order chi connectivity index (χ0) is 14.7. The van der Waals surface area contributed by atoms with Crippen molar-refractivity contribution in [2.75, 3.05) is 5.32 Å². The summed E-state index contributed by atoms with van der Waals surface area (Å²) in [7, 11) is 0. The first kappa shape index (κ1) is 17.1. The molecule has 0 aliphatic heterocycles. The van der Waals surface area contributed by atoms with Gasteiger partial charge in [0, 0.05) is 17.6 Å². The molecule has 0 radical (unpaired) electrons. The lowest BCUT2D eigenvalue weighted by Gasteiger charge is -2.05. The Balaban J connectivity index is 0.000000741. The third-order valence-corrected chi connectivity index (χ3v) is 2.07. The van der Waals surface area contributed by atoms with Crippen LogP contribution in [0.1, 0.15) is 39.0 Å². The normalized spacial score (nSPS) is 8.53. The van der Waals surface area contributed by atoms with Crippen molar-refractivity contribution >= 4 is 11.6 Å². The number of aromatic nitrogens is 2. The van der Waals surface area contributed by atoms with Crippen molar-refractivity contribution in [1.29, 1.82) is 0 Å². The highest BCUT2D eigenvalue weighted by Crippen LogP contribution is 2.13. The molecule has 2 aromatic rings. The number of hydrogen-bond donors (Lipinski definition) is 1. The molecule has 0 saturated carbocycles. The highest BCUT2D eigenvalue weighted by Gasteiger charge is 1.97. The van der Waals surface area contributed by atoms with Gasteiger partial charge in [0.25, 0.3) is 0 Å². The number of benzene rings is 1. The SMILES string of the molecule is CC.CC.Cc1cccc(Nc2nccc(C)n2)c1. The summed E-state index contributed by atoms with van der Waals surface area (Å²) < 4.78 is 0. The van der Waals surface area contributed by atoms with E-state index in [-0.39, 0.29) is 0 Å². The van der Waals surface area contributed by atoms with Crippen molar-refractivity contribution in [3.8, 4) is 0 Å². The fraction of sp³-hybridized carbons (Fsp3) is 0.375. The lowest BCUT2D eigenvalue weighted by atomic mass is 10.2. The van der Waals surface area contributed by atoms with Crippen molar-refractivity contribution < 1.29 is 0 Å². The maximum Gasteiger partial charge on any atom is 0.227 e. The van der Waals surface area contributed by atoms with E-state index >= 15 is 0 Å². The number of anilines is 2. The lowest BCUT2D eigenvalue weighted by Crippen LogP contribution is -1.97. The Morgan fingerprint density at radius 3 is 2.21 bits per heavy atom. The zero-order valence-corrected chi connectivity index (χ0v) is 12.9. The summed E-state index contributed by atoms with van der Waals surface area (Å²) >= 11 is 0. The van der Waals surface area contributed by atoms with E-state index in [9.17, 15) is 0 Å². The van der Waals surface area contributed by atoms with Crippen molar-refractivity contribution in [2.24, 2.45) is 0 Å². The molecule has 1 N–H and O–H groups in total. The molecular formula is C16H25N3. The molecule has 0 fully saturated rings. The van der Waals surface area contributed by atoms with Crippen LogP contribution in [0.15, 0.2) is 36.5 Å². The van der Waals surface area contributed by atoms with Crippen LogP contribution in [0.25, 0.3) is 0 Å². The van der Waals surface area contributed by atoms with E-state index in [4.69, 9.17) is 0 Å². The summed E-state index contributed by atoms with van der Waals surface area (Å²) in [5, 5.41) is 3.16. The van der Waals surface area contributed by atoms with E-state index in [0.717, 1.165) is 11.4 Å². The molecule has 1 aromatic carbocycles. The van der Waals surface area contributed by atoms with E-state index in [2.05, 4.69) is 34.3 Å². The van der Waals surface area contributed by atoms with Crippen LogP contribution in [0.5, 0.6) is 0 Å². The van der Waals surface area contributed by atoms with Gasteiger partial charge < -0.3 is 5.32 Å². The predicted octanol–water partition coefficient (Wildman–Crippen LogP) is 4.89. The Labute approximate surface area is 117 Å². The van der Waals surface area contributed by atoms with Crippen molar-refractivity contribution in [3.63, 3.8) is 0 Å². The molecule has 0 spiro atoms. The zero-order valence-electron chi connectivity index (χ0n) is 12.9. The van der Waals surface area contributed by atoms with Gasteiger partial charge in [-0.1, -0.05) is 39.8 Å². The molecule has 0 bridgehead atoms.